The van der Waals surface area contributed by atoms with Crippen molar-refractivity contribution < 1.29 is 13.2 Å². The summed E-state index contributed by atoms with van der Waals surface area (Å²) in [6, 6.07) is 24.7. The average molecular weight is 352 g/mol. The third kappa shape index (κ3) is 4.68. The molecule has 25 heavy (non-hydrogen) atoms. The molecule has 0 spiro atoms. The molecule has 5 nitrogen and oxygen atoms in total. The van der Waals surface area contributed by atoms with Crippen LogP contribution in [0.5, 0.6) is 11.5 Å². The van der Waals surface area contributed by atoms with Crippen molar-refractivity contribution in [2.24, 2.45) is 5.10 Å². The summed E-state index contributed by atoms with van der Waals surface area (Å²) in [6.45, 7) is 0. The smallest absolute Gasteiger partial charge is 0.276 e. The van der Waals surface area contributed by atoms with Gasteiger partial charge in [-0.1, -0.05) is 48.5 Å². The zero-order valence-corrected chi connectivity index (χ0v) is 14.1. The van der Waals surface area contributed by atoms with Crippen LogP contribution in [-0.2, 0) is 10.0 Å². The first-order valence-electron chi connectivity index (χ1n) is 7.56. The number of nitrogens with one attached hydrogen (secondary N) is 1. The fourth-order valence-corrected chi connectivity index (χ4v) is 2.92. The Morgan fingerprint density at radius 3 is 2.16 bits per heavy atom. The molecule has 0 aliphatic rings. The summed E-state index contributed by atoms with van der Waals surface area (Å²) >= 11 is 0. The molecule has 0 radical (unpaired) electrons. The van der Waals surface area contributed by atoms with Crippen LogP contribution in [-0.4, -0.2) is 14.6 Å². The van der Waals surface area contributed by atoms with Crippen molar-refractivity contribution in [3.8, 4) is 11.5 Å². The first kappa shape index (κ1) is 16.7. The SMILES string of the molecule is O=S(=O)(N/N=C/c1cccc(Oc2ccccc2)c1)c1ccccc1. The molecule has 0 amide bonds. The van der Waals surface area contributed by atoms with Gasteiger partial charge in [-0.3, -0.25) is 0 Å². The van der Waals surface area contributed by atoms with Gasteiger partial charge in [-0.2, -0.15) is 13.5 Å². The van der Waals surface area contributed by atoms with E-state index in [0.29, 0.717) is 11.3 Å². The molecular formula is C19H16N2O3S. The Kier molecular flexibility index (Phi) is 5.11. The quantitative estimate of drug-likeness (QED) is 0.542. The second-order valence-electron chi connectivity index (χ2n) is 5.15. The molecule has 3 aromatic rings. The second kappa shape index (κ2) is 7.63. The molecule has 0 atom stereocenters. The summed E-state index contributed by atoms with van der Waals surface area (Å²) in [5, 5.41) is 3.82. The van der Waals surface area contributed by atoms with E-state index in [-0.39, 0.29) is 4.90 Å². The van der Waals surface area contributed by atoms with E-state index in [1.165, 1.54) is 18.3 Å². The van der Waals surface area contributed by atoms with Gasteiger partial charge in [0.25, 0.3) is 10.0 Å². The minimum atomic E-state index is -3.67. The van der Waals surface area contributed by atoms with E-state index in [9.17, 15) is 8.42 Å². The molecule has 0 aromatic heterocycles. The fraction of sp³-hybridized carbons (Fsp3) is 0. The van der Waals surface area contributed by atoms with E-state index >= 15 is 0 Å². The van der Waals surface area contributed by atoms with E-state index in [1.807, 2.05) is 42.5 Å². The van der Waals surface area contributed by atoms with Crippen molar-refractivity contribution in [2.45, 2.75) is 4.90 Å². The third-order valence-electron chi connectivity index (χ3n) is 3.28. The number of hydrogen-bond donors (Lipinski definition) is 1. The van der Waals surface area contributed by atoms with E-state index in [0.717, 1.165) is 5.75 Å². The monoisotopic (exact) mass is 352 g/mol. The van der Waals surface area contributed by atoms with Gasteiger partial charge in [-0.15, -0.1) is 0 Å². The maximum atomic E-state index is 12.1. The van der Waals surface area contributed by atoms with Gasteiger partial charge >= 0.3 is 0 Å². The van der Waals surface area contributed by atoms with Gasteiger partial charge in [0.05, 0.1) is 11.1 Å². The van der Waals surface area contributed by atoms with E-state index < -0.39 is 10.0 Å². The molecule has 126 valence electrons. The number of nitrogens with zero attached hydrogens (tertiary/aromatic N) is 1. The Morgan fingerprint density at radius 2 is 1.44 bits per heavy atom. The predicted molar refractivity (Wildman–Crippen MR) is 97.3 cm³/mol. The molecule has 0 saturated carbocycles. The fourth-order valence-electron chi connectivity index (χ4n) is 2.11. The number of rotatable bonds is 6. The first-order chi connectivity index (χ1) is 12.1. The van der Waals surface area contributed by atoms with Crippen molar-refractivity contribution in [1.82, 2.24) is 4.83 Å². The van der Waals surface area contributed by atoms with Crippen LogP contribution >= 0.6 is 0 Å². The largest absolute Gasteiger partial charge is 0.457 e. The maximum Gasteiger partial charge on any atom is 0.276 e. The zero-order valence-electron chi connectivity index (χ0n) is 13.2. The molecule has 0 aliphatic heterocycles. The second-order valence-corrected chi connectivity index (χ2v) is 6.81. The van der Waals surface area contributed by atoms with Crippen LogP contribution in [0, 0.1) is 0 Å². The highest BCUT2D eigenvalue weighted by atomic mass is 32.2. The molecule has 3 rings (SSSR count). The highest BCUT2D eigenvalue weighted by molar-refractivity contribution is 7.89. The molecule has 3 aromatic carbocycles. The van der Waals surface area contributed by atoms with Gasteiger partial charge in [0.1, 0.15) is 11.5 Å². The van der Waals surface area contributed by atoms with Crippen LogP contribution in [0.2, 0.25) is 0 Å². The predicted octanol–water partition coefficient (Wildman–Crippen LogP) is 3.79. The first-order valence-corrected chi connectivity index (χ1v) is 9.05. The highest BCUT2D eigenvalue weighted by Crippen LogP contribution is 2.21. The summed E-state index contributed by atoms with van der Waals surface area (Å²) in [6.07, 6.45) is 1.43. The average Bonchev–Trinajstić information content (AvgIpc) is 2.63. The number of ether oxygens (including phenoxy) is 1. The Morgan fingerprint density at radius 1 is 0.800 bits per heavy atom. The van der Waals surface area contributed by atoms with Crippen molar-refractivity contribution in [3.63, 3.8) is 0 Å². The molecule has 1 N–H and O–H groups in total. The van der Waals surface area contributed by atoms with Crippen LogP contribution in [0.25, 0.3) is 0 Å². The van der Waals surface area contributed by atoms with Gasteiger partial charge in [0.2, 0.25) is 0 Å². The van der Waals surface area contributed by atoms with E-state index in [1.54, 1.807) is 30.3 Å². The lowest BCUT2D eigenvalue weighted by Crippen LogP contribution is -2.18. The standard InChI is InChI=1S/C19H16N2O3S/c22-25(23,19-12-5-2-6-13-19)21-20-15-16-8-7-11-18(14-16)24-17-9-3-1-4-10-17/h1-15,21H/b20-15+. The van der Waals surface area contributed by atoms with E-state index in [4.69, 9.17) is 4.74 Å². The van der Waals surface area contributed by atoms with Crippen LogP contribution in [0.4, 0.5) is 0 Å². The number of hydrazone groups is 1. The topological polar surface area (TPSA) is 67.8 Å². The Labute approximate surface area is 146 Å². The lowest BCUT2D eigenvalue weighted by molar-refractivity contribution is 0.482. The summed E-state index contributed by atoms with van der Waals surface area (Å²) in [5.41, 5.74) is 0.712. The number of sulfonamides is 1. The Bertz CT molecular complexity index is 956. The summed E-state index contributed by atoms with van der Waals surface area (Å²) in [5.74, 6) is 1.36. The van der Waals surface area contributed by atoms with Crippen molar-refractivity contribution in [3.05, 3.63) is 90.5 Å². The minimum absolute atomic E-state index is 0.160. The van der Waals surface area contributed by atoms with Crippen molar-refractivity contribution >= 4 is 16.2 Å². The molecule has 0 bridgehead atoms. The highest BCUT2D eigenvalue weighted by Gasteiger charge is 2.10. The summed E-state index contributed by atoms with van der Waals surface area (Å²) in [7, 11) is -3.67. The van der Waals surface area contributed by atoms with Crippen LogP contribution in [0.3, 0.4) is 0 Å². The van der Waals surface area contributed by atoms with Gasteiger partial charge in [-0.05, 0) is 42.0 Å². The number of hydrogen-bond acceptors (Lipinski definition) is 4. The van der Waals surface area contributed by atoms with Crippen molar-refractivity contribution in [1.29, 1.82) is 0 Å². The molecule has 0 aliphatic carbocycles. The van der Waals surface area contributed by atoms with Crippen LogP contribution < -0.4 is 9.57 Å². The Balaban J connectivity index is 1.69. The van der Waals surface area contributed by atoms with E-state index in [2.05, 4.69) is 9.93 Å². The van der Waals surface area contributed by atoms with Gasteiger partial charge in [0, 0.05) is 0 Å². The lowest BCUT2D eigenvalue weighted by atomic mass is 10.2. The normalized spacial score (nSPS) is 11.4. The van der Waals surface area contributed by atoms with Gasteiger partial charge in [0.15, 0.2) is 0 Å². The summed E-state index contributed by atoms with van der Waals surface area (Å²) in [4.78, 5) is 2.35. The number of benzene rings is 3. The molecule has 0 fully saturated rings. The molecule has 0 unspecified atom stereocenters. The lowest BCUT2D eigenvalue weighted by Gasteiger charge is -2.06. The number of para-hydroxylation sites is 1. The summed E-state index contributed by atoms with van der Waals surface area (Å²) < 4.78 is 29.9. The molecular weight excluding hydrogens is 336 g/mol. The molecule has 6 heteroatoms. The van der Waals surface area contributed by atoms with Crippen molar-refractivity contribution in [2.75, 3.05) is 0 Å². The van der Waals surface area contributed by atoms with Crippen LogP contribution in [0.1, 0.15) is 5.56 Å². The minimum Gasteiger partial charge on any atom is -0.457 e. The molecule has 0 heterocycles. The maximum absolute atomic E-state index is 12.1. The van der Waals surface area contributed by atoms with Gasteiger partial charge in [-0.25, -0.2) is 4.83 Å². The molecule has 0 saturated heterocycles. The Hall–Kier alpha value is -3.12. The third-order valence-corrected chi connectivity index (χ3v) is 4.52. The zero-order chi connectivity index (χ0) is 17.5. The van der Waals surface area contributed by atoms with Gasteiger partial charge < -0.3 is 4.74 Å². The van der Waals surface area contributed by atoms with Crippen LogP contribution in [0.15, 0.2) is 94.9 Å².